The van der Waals surface area contributed by atoms with Gasteiger partial charge in [-0.25, -0.2) is 0 Å². The molecule has 1 amide bonds. The lowest BCUT2D eigenvalue weighted by atomic mass is 10.1. The fourth-order valence-corrected chi connectivity index (χ4v) is 2.11. The van der Waals surface area contributed by atoms with E-state index in [1.54, 1.807) is 4.90 Å². The van der Waals surface area contributed by atoms with E-state index in [4.69, 9.17) is 16.0 Å². The van der Waals surface area contributed by atoms with E-state index in [0.29, 0.717) is 10.9 Å². The lowest BCUT2D eigenvalue weighted by Gasteiger charge is -2.22. The van der Waals surface area contributed by atoms with Gasteiger partial charge in [0.05, 0.1) is 0 Å². The number of rotatable bonds is 3. The van der Waals surface area contributed by atoms with Crippen molar-refractivity contribution in [1.82, 2.24) is 10.2 Å². The summed E-state index contributed by atoms with van der Waals surface area (Å²) in [5.41, 5.74) is 2.60. The first kappa shape index (κ1) is 13.5. The van der Waals surface area contributed by atoms with Gasteiger partial charge >= 0.3 is 0 Å². The molecular weight excluding hydrogens is 266 g/mol. The van der Waals surface area contributed by atoms with Gasteiger partial charge in [-0.2, -0.15) is 0 Å². The number of carbonyl (C=O) groups excluding carboxylic acids is 1. The molecule has 0 aliphatic rings. The number of hydrogen-bond acceptors (Lipinski definition) is 4. The molecule has 0 bridgehead atoms. The maximum Gasteiger partial charge on any atom is 0.235 e. The summed E-state index contributed by atoms with van der Waals surface area (Å²) >= 11 is 6.16. The van der Waals surface area contributed by atoms with E-state index in [9.17, 15) is 4.79 Å². The largest absolute Gasteiger partial charge is 0.426 e. The molecule has 100 valence electrons. The monoisotopic (exact) mass is 279 g/mol. The second kappa shape index (κ2) is 5.40. The zero-order valence-corrected chi connectivity index (χ0v) is 11.7. The topological polar surface area (TPSA) is 59.2 Å². The minimum atomic E-state index is -0.108. The van der Waals surface area contributed by atoms with Gasteiger partial charge in [-0.15, -0.1) is 10.2 Å². The average Bonchev–Trinajstić information content (AvgIpc) is 2.83. The van der Waals surface area contributed by atoms with Crippen molar-refractivity contribution in [3.05, 3.63) is 40.6 Å². The maximum atomic E-state index is 11.8. The molecule has 0 spiro atoms. The highest BCUT2D eigenvalue weighted by Crippen LogP contribution is 2.29. The molecule has 6 heteroatoms. The Morgan fingerprint density at radius 2 is 2.16 bits per heavy atom. The quantitative estimate of drug-likeness (QED) is 0.867. The zero-order valence-electron chi connectivity index (χ0n) is 11.0. The molecule has 19 heavy (non-hydrogen) atoms. The number of benzene rings is 1. The summed E-state index contributed by atoms with van der Waals surface area (Å²) in [5, 5.41) is 8.03. The van der Waals surface area contributed by atoms with Crippen LogP contribution in [0.2, 0.25) is 5.02 Å². The van der Waals surface area contributed by atoms with Crippen LogP contribution >= 0.6 is 11.6 Å². The fraction of sp³-hybridized carbons (Fsp3) is 0.308. The fourth-order valence-electron chi connectivity index (χ4n) is 1.84. The van der Waals surface area contributed by atoms with Gasteiger partial charge in [-0.1, -0.05) is 11.6 Å². The Labute approximate surface area is 116 Å². The van der Waals surface area contributed by atoms with Crippen molar-refractivity contribution in [2.75, 3.05) is 4.90 Å². The number of anilines is 1. The molecule has 0 unspecified atom stereocenters. The SMILES string of the molecule is CC(=O)N(Cc1nnco1)c1cc(C)cc(Cl)c1C. The number of aryl methyl sites for hydroxylation is 1. The first-order valence-corrected chi connectivity index (χ1v) is 6.16. The first-order valence-electron chi connectivity index (χ1n) is 5.79. The Hall–Kier alpha value is -1.88. The van der Waals surface area contributed by atoms with Crippen LogP contribution in [-0.2, 0) is 11.3 Å². The van der Waals surface area contributed by atoms with Crippen LogP contribution < -0.4 is 4.90 Å². The van der Waals surface area contributed by atoms with Crippen LogP contribution in [0.25, 0.3) is 0 Å². The van der Waals surface area contributed by atoms with Crippen molar-refractivity contribution in [2.45, 2.75) is 27.3 Å². The smallest absolute Gasteiger partial charge is 0.235 e. The van der Waals surface area contributed by atoms with E-state index in [1.165, 1.54) is 13.3 Å². The van der Waals surface area contributed by atoms with Crippen molar-refractivity contribution in [1.29, 1.82) is 0 Å². The van der Waals surface area contributed by atoms with Crippen molar-refractivity contribution >= 4 is 23.2 Å². The van der Waals surface area contributed by atoms with Crippen LogP contribution in [0.1, 0.15) is 23.9 Å². The molecule has 2 rings (SSSR count). The summed E-state index contributed by atoms with van der Waals surface area (Å²) in [7, 11) is 0. The van der Waals surface area contributed by atoms with Crippen LogP contribution in [0.4, 0.5) is 5.69 Å². The Kier molecular flexibility index (Phi) is 3.85. The molecule has 2 aromatic rings. The summed E-state index contributed by atoms with van der Waals surface area (Å²) in [6.45, 7) is 5.53. The lowest BCUT2D eigenvalue weighted by molar-refractivity contribution is -0.116. The zero-order chi connectivity index (χ0) is 14.0. The van der Waals surface area contributed by atoms with Crippen molar-refractivity contribution in [3.8, 4) is 0 Å². The summed E-state index contributed by atoms with van der Waals surface area (Å²) in [6, 6.07) is 3.78. The van der Waals surface area contributed by atoms with Gasteiger partial charge in [-0.3, -0.25) is 4.79 Å². The van der Waals surface area contributed by atoms with Crippen molar-refractivity contribution in [3.63, 3.8) is 0 Å². The van der Waals surface area contributed by atoms with Crippen LogP contribution in [0.5, 0.6) is 0 Å². The number of halogens is 1. The normalized spacial score (nSPS) is 10.5. The third-order valence-corrected chi connectivity index (χ3v) is 3.22. The van der Waals surface area contributed by atoms with E-state index in [0.717, 1.165) is 16.8 Å². The Morgan fingerprint density at radius 1 is 1.42 bits per heavy atom. The van der Waals surface area contributed by atoms with Crippen LogP contribution in [0.3, 0.4) is 0 Å². The maximum absolute atomic E-state index is 11.8. The van der Waals surface area contributed by atoms with Gasteiger partial charge in [-0.05, 0) is 37.1 Å². The second-order valence-electron chi connectivity index (χ2n) is 4.33. The van der Waals surface area contributed by atoms with E-state index >= 15 is 0 Å². The van der Waals surface area contributed by atoms with Gasteiger partial charge in [0.1, 0.15) is 6.54 Å². The number of hydrogen-bond donors (Lipinski definition) is 0. The second-order valence-corrected chi connectivity index (χ2v) is 4.74. The minimum absolute atomic E-state index is 0.108. The highest BCUT2D eigenvalue weighted by atomic mass is 35.5. The highest BCUT2D eigenvalue weighted by molar-refractivity contribution is 6.31. The van der Waals surface area contributed by atoms with Crippen LogP contribution in [0, 0.1) is 13.8 Å². The molecule has 0 radical (unpaired) electrons. The predicted octanol–water partition coefficient (Wildman–Crippen LogP) is 2.89. The molecule has 0 saturated heterocycles. The Bertz CT molecular complexity index is 596. The summed E-state index contributed by atoms with van der Waals surface area (Å²) < 4.78 is 5.09. The number of amides is 1. The third-order valence-electron chi connectivity index (χ3n) is 2.83. The molecule has 1 aromatic heterocycles. The van der Waals surface area contributed by atoms with Crippen LogP contribution in [-0.4, -0.2) is 16.1 Å². The molecule has 0 fully saturated rings. The van der Waals surface area contributed by atoms with Crippen molar-refractivity contribution in [2.24, 2.45) is 0 Å². The first-order chi connectivity index (χ1) is 8.99. The summed E-state index contributed by atoms with van der Waals surface area (Å²) in [5.74, 6) is 0.273. The molecule has 0 atom stereocenters. The summed E-state index contributed by atoms with van der Waals surface area (Å²) in [4.78, 5) is 13.4. The molecule has 5 nitrogen and oxygen atoms in total. The van der Waals surface area contributed by atoms with Gasteiger partial charge < -0.3 is 9.32 Å². The Morgan fingerprint density at radius 3 is 2.74 bits per heavy atom. The molecule has 0 saturated carbocycles. The molecule has 0 aliphatic carbocycles. The number of carbonyl (C=O) groups is 1. The van der Waals surface area contributed by atoms with E-state index < -0.39 is 0 Å². The number of aromatic nitrogens is 2. The number of nitrogens with zero attached hydrogens (tertiary/aromatic N) is 3. The highest BCUT2D eigenvalue weighted by Gasteiger charge is 2.18. The standard InChI is InChI=1S/C13H14ClN3O2/c1-8-4-11(14)9(2)12(5-8)17(10(3)18)6-13-16-15-7-19-13/h4-5,7H,6H2,1-3H3. The van der Waals surface area contributed by atoms with Gasteiger partial charge in [0, 0.05) is 17.6 Å². The molecule has 0 aliphatic heterocycles. The third kappa shape index (κ3) is 2.93. The molecule has 0 N–H and O–H groups in total. The summed E-state index contributed by atoms with van der Waals surface area (Å²) in [6.07, 6.45) is 1.24. The molecular formula is C13H14ClN3O2. The van der Waals surface area contributed by atoms with E-state index in [1.807, 2.05) is 26.0 Å². The van der Waals surface area contributed by atoms with E-state index in [-0.39, 0.29) is 12.5 Å². The lowest BCUT2D eigenvalue weighted by Crippen LogP contribution is -2.28. The predicted molar refractivity (Wildman–Crippen MR) is 72.1 cm³/mol. The van der Waals surface area contributed by atoms with Crippen molar-refractivity contribution < 1.29 is 9.21 Å². The van der Waals surface area contributed by atoms with E-state index in [2.05, 4.69) is 10.2 Å². The van der Waals surface area contributed by atoms with Gasteiger partial charge in [0.15, 0.2) is 0 Å². The van der Waals surface area contributed by atoms with Gasteiger partial charge in [0.25, 0.3) is 0 Å². The molecule has 1 aromatic carbocycles. The minimum Gasteiger partial charge on any atom is -0.426 e. The molecule has 1 heterocycles. The van der Waals surface area contributed by atoms with Crippen LogP contribution in [0.15, 0.2) is 22.9 Å². The van der Waals surface area contributed by atoms with Gasteiger partial charge in [0.2, 0.25) is 18.2 Å². The Balaban J connectivity index is 2.42. The average molecular weight is 280 g/mol.